The molecule has 2 aromatic carbocycles. The molecule has 0 saturated carbocycles. The lowest BCUT2D eigenvalue weighted by Gasteiger charge is -2.32. The summed E-state index contributed by atoms with van der Waals surface area (Å²) >= 11 is 30.7. The molecule has 2 amide bonds. The van der Waals surface area contributed by atoms with Crippen LogP contribution in [0.25, 0.3) is 0 Å². The number of nitrogens with one attached hydrogen (secondary N) is 1. The summed E-state index contributed by atoms with van der Waals surface area (Å²) in [6, 6.07) is 6.37. The molecule has 0 aliphatic rings. The Morgan fingerprint density at radius 2 is 1.52 bits per heavy atom. The van der Waals surface area contributed by atoms with Crippen LogP contribution in [0.1, 0.15) is 12.5 Å². The minimum Gasteiger partial charge on any atom is -0.357 e. The number of likely N-dealkylation sites (N-methyl/N-ethyl adjacent to an activating group) is 1. The third kappa shape index (κ3) is 6.81. The molecule has 0 bridgehead atoms. The fraction of sp³-hybridized carbons (Fsp3) is 0.300. The number of halogens is 5. The monoisotopic (exact) mass is 573 g/mol. The molecule has 1 N–H and O–H groups in total. The Balaban J connectivity index is 2.51. The third-order valence-corrected chi connectivity index (χ3v) is 7.60. The standard InChI is InChI=1S/C20H20Cl5N3O4S/c1-11(20(30)26-2)27(9-12-13(21)5-4-6-14(12)22)19(29)10-28(33(3,31)32)18-8-16(24)15(23)7-17(18)25/h4-8,11H,9-10H2,1-3H3,(H,26,30)/t11-/m1/s1. The lowest BCUT2D eigenvalue weighted by atomic mass is 10.1. The van der Waals surface area contributed by atoms with Crippen molar-refractivity contribution >= 4 is 85.5 Å². The van der Waals surface area contributed by atoms with Crippen molar-refractivity contribution < 1.29 is 18.0 Å². The van der Waals surface area contributed by atoms with Gasteiger partial charge in [0.05, 0.1) is 27.0 Å². The average molecular weight is 576 g/mol. The van der Waals surface area contributed by atoms with Crippen molar-refractivity contribution in [3.63, 3.8) is 0 Å². The molecule has 7 nitrogen and oxygen atoms in total. The van der Waals surface area contributed by atoms with Crippen molar-refractivity contribution in [2.24, 2.45) is 0 Å². The van der Waals surface area contributed by atoms with Gasteiger partial charge in [0.15, 0.2) is 0 Å². The van der Waals surface area contributed by atoms with E-state index in [1.165, 1.54) is 31.0 Å². The lowest BCUT2D eigenvalue weighted by Crippen LogP contribution is -2.50. The SMILES string of the molecule is CNC(=O)[C@@H](C)N(Cc1c(Cl)cccc1Cl)C(=O)CN(c1cc(Cl)c(Cl)cc1Cl)S(C)(=O)=O. The molecular weight excluding hydrogens is 556 g/mol. The molecule has 0 unspecified atom stereocenters. The second-order valence-electron chi connectivity index (χ2n) is 7.00. The number of sulfonamides is 1. The number of amides is 2. The van der Waals surface area contributed by atoms with Crippen LogP contribution < -0.4 is 9.62 Å². The highest BCUT2D eigenvalue weighted by atomic mass is 35.5. The van der Waals surface area contributed by atoms with E-state index in [1.54, 1.807) is 18.2 Å². The van der Waals surface area contributed by atoms with Gasteiger partial charge in [0.1, 0.15) is 12.6 Å². The van der Waals surface area contributed by atoms with Gasteiger partial charge in [-0.1, -0.05) is 64.1 Å². The van der Waals surface area contributed by atoms with E-state index >= 15 is 0 Å². The Morgan fingerprint density at radius 1 is 0.970 bits per heavy atom. The van der Waals surface area contributed by atoms with Crippen LogP contribution in [0.5, 0.6) is 0 Å². The number of benzene rings is 2. The van der Waals surface area contributed by atoms with Crippen molar-refractivity contribution in [3.05, 3.63) is 61.0 Å². The molecule has 0 aromatic heterocycles. The lowest BCUT2D eigenvalue weighted by molar-refractivity contribution is -0.139. The van der Waals surface area contributed by atoms with Crippen LogP contribution in [0.2, 0.25) is 25.1 Å². The number of hydrogen-bond acceptors (Lipinski definition) is 4. The Bertz CT molecular complexity index is 1160. The van der Waals surface area contributed by atoms with Gasteiger partial charge in [-0.15, -0.1) is 0 Å². The maximum atomic E-state index is 13.4. The van der Waals surface area contributed by atoms with Crippen LogP contribution >= 0.6 is 58.0 Å². The van der Waals surface area contributed by atoms with E-state index in [1.807, 2.05) is 0 Å². The van der Waals surface area contributed by atoms with Crippen molar-refractivity contribution in [1.29, 1.82) is 0 Å². The smallest absolute Gasteiger partial charge is 0.244 e. The minimum atomic E-state index is -3.99. The Hall–Kier alpha value is -1.42. The van der Waals surface area contributed by atoms with E-state index in [0.29, 0.717) is 5.56 Å². The molecule has 13 heteroatoms. The van der Waals surface area contributed by atoms with Crippen LogP contribution in [0.4, 0.5) is 5.69 Å². The predicted octanol–water partition coefficient (Wildman–Crippen LogP) is 4.88. The summed E-state index contributed by atoms with van der Waals surface area (Å²) in [4.78, 5) is 26.9. The van der Waals surface area contributed by atoms with Gasteiger partial charge in [0.2, 0.25) is 21.8 Å². The summed E-state index contributed by atoms with van der Waals surface area (Å²) in [5.74, 6) is -1.17. The summed E-state index contributed by atoms with van der Waals surface area (Å²) in [6.45, 7) is 0.691. The first-order valence-corrected chi connectivity index (χ1v) is 13.1. The van der Waals surface area contributed by atoms with E-state index < -0.39 is 34.4 Å². The van der Waals surface area contributed by atoms with Gasteiger partial charge in [-0.25, -0.2) is 8.42 Å². The molecular formula is C20H20Cl5N3O4S. The molecule has 180 valence electrons. The zero-order valence-corrected chi connectivity index (χ0v) is 22.3. The Labute approximate surface area is 217 Å². The van der Waals surface area contributed by atoms with Gasteiger partial charge < -0.3 is 10.2 Å². The zero-order chi connectivity index (χ0) is 25.1. The largest absolute Gasteiger partial charge is 0.357 e. The number of carbonyl (C=O) groups is 2. The predicted molar refractivity (Wildman–Crippen MR) is 134 cm³/mol. The van der Waals surface area contributed by atoms with Crippen LogP contribution in [0.15, 0.2) is 30.3 Å². The van der Waals surface area contributed by atoms with Crippen molar-refractivity contribution in [2.45, 2.75) is 19.5 Å². The van der Waals surface area contributed by atoms with Crippen LogP contribution in [0, 0.1) is 0 Å². The molecule has 0 saturated heterocycles. The van der Waals surface area contributed by atoms with Gasteiger partial charge >= 0.3 is 0 Å². The maximum Gasteiger partial charge on any atom is 0.244 e. The minimum absolute atomic E-state index is 0.0253. The van der Waals surface area contributed by atoms with E-state index in [2.05, 4.69) is 5.32 Å². The summed E-state index contributed by atoms with van der Waals surface area (Å²) in [7, 11) is -2.57. The Morgan fingerprint density at radius 3 is 2.03 bits per heavy atom. The molecule has 33 heavy (non-hydrogen) atoms. The number of nitrogens with zero attached hydrogens (tertiary/aromatic N) is 2. The van der Waals surface area contributed by atoms with E-state index in [4.69, 9.17) is 58.0 Å². The van der Waals surface area contributed by atoms with E-state index in [9.17, 15) is 18.0 Å². The molecule has 0 aliphatic heterocycles. The summed E-state index contributed by atoms with van der Waals surface area (Å²) in [6.07, 6.45) is 0.913. The second-order valence-corrected chi connectivity index (χ2v) is 10.9. The first-order valence-electron chi connectivity index (χ1n) is 9.34. The number of hydrogen-bond donors (Lipinski definition) is 1. The molecule has 2 rings (SSSR count). The molecule has 0 radical (unpaired) electrons. The first kappa shape index (κ1) is 27.8. The topological polar surface area (TPSA) is 86.8 Å². The normalized spacial score (nSPS) is 12.2. The Kier molecular flexibility index (Phi) is 9.56. The molecule has 0 spiro atoms. The maximum absolute atomic E-state index is 13.4. The van der Waals surface area contributed by atoms with Crippen molar-refractivity contribution in [3.8, 4) is 0 Å². The summed E-state index contributed by atoms with van der Waals surface area (Å²) in [5, 5.41) is 3.19. The van der Waals surface area contributed by atoms with Crippen molar-refractivity contribution in [1.82, 2.24) is 10.2 Å². The zero-order valence-electron chi connectivity index (χ0n) is 17.7. The molecule has 0 aliphatic carbocycles. The van der Waals surface area contributed by atoms with E-state index in [0.717, 1.165) is 10.6 Å². The highest BCUT2D eigenvalue weighted by Crippen LogP contribution is 2.36. The van der Waals surface area contributed by atoms with Crippen LogP contribution in [0.3, 0.4) is 0 Å². The molecule has 0 fully saturated rings. The van der Waals surface area contributed by atoms with Gasteiger partial charge in [0, 0.05) is 29.2 Å². The van der Waals surface area contributed by atoms with Gasteiger partial charge in [-0.05, 0) is 31.2 Å². The highest BCUT2D eigenvalue weighted by Gasteiger charge is 2.31. The van der Waals surface area contributed by atoms with Crippen molar-refractivity contribution in [2.75, 3.05) is 24.2 Å². The quantitative estimate of drug-likeness (QED) is 0.455. The summed E-state index contributed by atoms with van der Waals surface area (Å²) < 4.78 is 25.9. The first-order chi connectivity index (χ1) is 15.3. The molecule has 0 heterocycles. The van der Waals surface area contributed by atoms with E-state index in [-0.39, 0.29) is 37.3 Å². The van der Waals surface area contributed by atoms with Gasteiger partial charge in [-0.2, -0.15) is 0 Å². The number of anilines is 1. The molecule has 2 aromatic rings. The van der Waals surface area contributed by atoms with Gasteiger partial charge in [-0.3, -0.25) is 13.9 Å². The van der Waals surface area contributed by atoms with Crippen LogP contribution in [-0.4, -0.2) is 51.0 Å². The molecule has 1 atom stereocenters. The summed E-state index contributed by atoms with van der Waals surface area (Å²) in [5.41, 5.74) is 0.369. The fourth-order valence-corrected chi connectivity index (χ4v) is 5.01. The highest BCUT2D eigenvalue weighted by molar-refractivity contribution is 7.92. The third-order valence-electron chi connectivity index (χ3n) is 4.74. The number of rotatable bonds is 8. The van der Waals surface area contributed by atoms with Crippen LogP contribution in [-0.2, 0) is 26.2 Å². The number of carbonyl (C=O) groups excluding carboxylic acids is 2. The fourth-order valence-electron chi connectivity index (χ4n) is 2.94. The van der Waals surface area contributed by atoms with Gasteiger partial charge in [0.25, 0.3) is 0 Å². The second kappa shape index (κ2) is 11.3. The average Bonchev–Trinajstić information content (AvgIpc) is 2.72.